The zero-order valence-corrected chi connectivity index (χ0v) is 14.0. The molecule has 1 aromatic heterocycles. The molecule has 1 atom stereocenters. The molecule has 0 fully saturated rings. The summed E-state index contributed by atoms with van der Waals surface area (Å²) < 4.78 is 14.8. The van der Waals surface area contributed by atoms with Gasteiger partial charge in [-0.1, -0.05) is 47.7 Å². The number of tetrazole rings is 1. The molecule has 2 aromatic carbocycles. The fourth-order valence-electron chi connectivity index (χ4n) is 2.19. The van der Waals surface area contributed by atoms with E-state index in [1.54, 1.807) is 19.1 Å². The summed E-state index contributed by atoms with van der Waals surface area (Å²) in [5.41, 5.74) is 2.25. The van der Waals surface area contributed by atoms with Crippen LogP contribution in [0.4, 0.5) is 4.39 Å². The first kappa shape index (κ1) is 16.3. The van der Waals surface area contributed by atoms with Gasteiger partial charge >= 0.3 is 0 Å². The number of aryl methyl sites for hydroxylation is 1. The fraction of sp³-hybridized carbons (Fsp3) is 0.176. The van der Waals surface area contributed by atoms with E-state index < -0.39 is 0 Å². The van der Waals surface area contributed by atoms with E-state index in [2.05, 4.69) is 15.5 Å². The molecule has 0 saturated heterocycles. The Labute approximate surface area is 142 Å². The third-order valence-corrected chi connectivity index (χ3v) is 4.51. The Kier molecular flexibility index (Phi) is 4.71. The standard InChI is InChI=1S/C17H15FN4OS/c1-11-6-8-13(9-7-11)16(23)12(2)24-17-19-20-21-22(17)15-5-3-4-14(18)10-15/h3-10,12H,1-2H3/t12-/m0/s1. The van der Waals surface area contributed by atoms with E-state index in [0.29, 0.717) is 16.4 Å². The molecule has 0 spiro atoms. The van der Waals surface area contributed by atoms with Crippen LogP contribution in [0.2, 0.25) is 0 Å². The van der Waals surface area contributed by atoms with Crippen molar-refractivity contribution < 1.29 is 9.18 Å². The molecule has 24 heavy (non-hydrogen) atoms. The van der Waals surface area contributed by atoms with E-state index in [4.69, 9.17) is 0 Å². The quantitative estimate of drug-likeness (QED) is 0.525. The summed E-state index contributed by atoms with van der Waals surface area (Å²) in [4.78, 5) is 12.5. The van der Waals surface area contributed by atoms with Crippen LogP contribution in [0.5, 0.6) is 0 Å². The summed E-state index contributed by atoms with van der Waals surface area (Å²) in [6, 6.07) is 13.4. The number of benzene rings is 2. The molecule has 1 heterocycles. The lowest BCUT2D eigenvalue weighted by molar-refractivity contribution is 0.0994. The predicted octanol–water partition coefficient (Wildman–Crippen LogP) is 3.47. The largest absolute Gasteiger partial charge is 0.293 e. The Hall–Kier alpha value is -2.54. The van der Waals surface area contributed by atoms with Crippen LogP contribution in [-0.2, 0) is 0 Å². The molecule has 0 N–H and O–H groups in total. The molecule has 122 valence electrons. The van der Waals surface area contributed by atoms with Crippen LogP contribution in [0.15, 0.2) is 53.7 Å². The summed E-state index contributed by atoms with van der Waals surface area (Å²) in [5.74, 6) is -0.378. The molecule has 3 rings (SSSR count). The smallest absolute Gasteiger partial charge is 0.214 e. The zero-order valence-electron chi connectivity index (χ0n) is 13.2. The molecule has 0 unspecified atom stereocenters. The molecule has 0 aliphatic rings. The predicted molar refractivity (Wildman–Crippen MR) is 89.9 cm³/mol. The average Bonchev–Trinajstić information content (AvgIpc) is 3.03. The summed E-state index contributed by atoms with van der Waals surface area (Å²) in [5, 5.41) is 11.5. The van der Waals surface area contributed by atoms with Gasteiger partial charge in [0.25, 0.3) is 0 Å². The maximum absolute atomic E-state index is 13.4. The van der Waals surface area contributed by atoms with Crippen LogP contribution in [0.25, 0.3) is 5.69 Å². The minimum Gasteiger partial charge on any atom is -0.293 e. The van der Waals surface area contributed by atoms with Crippen molar-refractivity contribution in [3.8, 4) is 5.69 Å². The number of carbonyl (C=O) groups excluding carboxylic acids is 1. The number of Topliss-reactive ketones (excluding diaryl/α,β-unsaturated/α-hetero) is 1. The van der Waals surface area contributed by atoms with Gasteiger partial charge in [-0.05, 0) is 42.5 Å². The Bertz CT molecular complexity index is 863. The lowest BCUT2D eigenvalue weighted by Crippen LogP contribution is -2.14. The molecule has 5 nitrogen and oxygen atoms in total. The van der Waals surface area contributed by atoms with Gasteiger partial charge in [0.2, 0.25) is 5.16 Å². The molecule has 3 aromatic rings. The van der Waals surface area contributed by atoms with E-state index >= 15 is 0 Å². The highest BCUT2D eigenvalue weighted by atomic mass is 32.2. The molecule has 0 saturated carbocycles. The van der Waals surface area contributed by atoms with Gasteiger partial charge < -0.3 is 0 Å². The van der Waals surface area contributed by atoms with Crippen molar-refractivity contribution in [3.05, 3.63) is 65.5 Å². The minimum atomic E-state index is -0.372. The van der Waals surface area contributed by atoms with Crippen LogP contribution >= 0.6 is 11.8 Å². The number of rotatable bonds is 5. The Morgan fingerprint density at radius 1 is 1.21 bits per heavy atom. The Balaban J connectivity index is 1.80. The molecular formula is C17H15FN4OS. The van der Waals surface area contributed by atoms with Gasteiger partial charge in [0.15, 0.2) is 5.78 Å². The highest BCUT2D eigenvalue weighted by Gasteiger charge is 2.20. The van der Waals surface area contributed by atoms with Crippen molar-refractivity contribution in [3.63, 3.8) is 0 Å². The van der Waals surface area contributed by atoms with Crippen LogP contribution in [-0.4, -0.2) is 31.2 Å². The number of thioether (sulfide) groups is 1. The summed E-state index contributed by atoms with van der Waals surface area (Å²) >= 11 is 1.24. The van der Waals surface area contributed by atoms with E-state index in [-0.39, 0.29) is 16.9 Å². The first-order chi connectivity index (χ1) is 11.5. The van der Waals surface area contributed by atoms with Crippen molar-refractivity contribution in [1.29, 1.82) is 0 Å². The van der Waals surface area contributed by atoms with Crippen LogP contribution in [0, 0.1) is 12.7 Å². The van der Waals surface area contributed by atoms with E-state index in [0.717, 1.165) is 5.56 Å². The second-order valence-electron chi connectivity index (χ2n) is 5.34. The lowest BCUT2D eigenvalue weighted by atomic mass is 10.1. The monoisotopic (exact) mass is 342 g/mol. The third-order valence-electron chi connectivity index (χ3n) is 3.48. The highest BCUT2D eigenvalue weighted by molar-refractivity contribution is 8.00. The van der Waals surface area contributed by atoms with Gasteiger partial charge in [-0.3, -0.25) is 4.79 Å². The first-order valence-corrected chi connectivity index (χ1v) is 8.24. The maximum Gasteiger partial charge on any atom is 0.214 e. The van der Waals surface area contributed by atoms with Gasteiger partial charge in [-0.15, -0.1) is 5.10 Å². The summed E-state index contributed by atoms with van der Waals surface area (Å²) in [7, 11) is 0. The van der Waals surface area contributed by atoms with Crippen LogP contribution in [0.3, 0.4) is 0 Å². The topological polar surface area (TPSA) is 60.7 Å². The third kappa shape index (κ3) is 3.51. The molecule has 7 heteroatoms. The number of hydrogen-bond donors (Lipinski definition) is 0. The van der Waals surface area contributed by atoms with Crippen molar-refractivity contribution in [1.82, 2.24) is 20.2 Å². The Morgan fingerprint density at radius 2 is 1.96 bits per heavy atom. The molecule has 0 aliphatic carbocycles. The van der Waals surface area contributed by atoms with Gasteiger partial charge in [0.05, 0.1) is 10.9 Å². The number of nitrogens with zero attached hydrogens (tertiary/aromatic N) is 4. The van der Waals surface area contributed by atoms with Crippen molar-refractivity contribution >= 4 is 17.5 Å². The minimum absolute atomic E-state index is 0.00575. The SMILES string of the molecule is Cc1ccc(C(=O)[C@H](C)Sc2nnnn2-c2cccc(F)c2)cc1. The normalized spacial score (nSPS) is 12.1. The summed E-state index contributed by atoms with van der Waals surface area (Å²) in [6.45, 7) is 3.77. The number of hydrogen-bond acceptors (Lipinski definition) is 5. The number of carbonyl (C=O) groups is 1. The average molecular weight is 342 g/mol. The maximum atomic E-state index is 13.4. The first-order valence-electron chi connectivity index (χ1n) is 7.36. The van der Waals surface area contributed by atoms with Crippen molar-refractivity contribution in [2.24, 2.45) is 0 Å². The van der Waals surface area contributed by atoms with Crippen molar-refractivity contribution in [2.45, 2.75) is 24.3 Å². The van der Waals surface area contributed by atoms with Crippen LogP contribution < -0.4 is 0 Å². The van der Waals surface area contributed by atoms with Gasteiger partial charge in [0.1, 0.15) is 5.82 Å². The number of halogens is 1. The molecular weight excluding hydrogens is 327 g/mol. The number of aromatic nitrogens is 4. The Morgan fingerprint density at radius 3 is 2.67 bits per heavy atom. The second kappa shape index (κ2) is 6.92. The number of ketones is 1. The van der Waals surface area contributed by atoms with Gasteiger partial charge in [-0.25, -0.2) is 4.39 Å². The second-order valence-corrected chi connectivity index (χ2v) is 6.65. The molecule has 0 aliphatic heterocycles. The van der Waals surface area contributed by atoms with Crippen molar-refractivity contribution in [2.75, 3.05) is 0 Å². The molecule has 0 bridgehead atoms. The van der Waals surface area contributed by atoms with Crippen LogP contribution in [0.1, 0.15) is 22.8 Å². The molecule has 0 radical (unpaired) electrons. The van der Waals surface area contributed by atoms with E-state index in [9.17, 15) is 9.18 Å². The highest BCUT2D eigenvalue weighted by Crippen LogP contribution is 2.25. The van der Waals surface area contributed by atoms with Gasteiger partial charge in [0, 0.05) is 5.56 Å². The molecule has 0 amide bonds. The van der Waals surface area contributed by atoms with E-state index in [1.807, 2.05) is 31.2 Å². The van der Waals surface area contributed by atoms with Gasteiger partial charge in [-0.2, -0.15) is 4.68 Å². The lowest BCUT2D eigenvalue weighted by Gasteiger charge is -2.10. The fourth-order valence-corrected chi connectivity index (χ4v) is 3.07. The van der Waals surface area contributed by atoms with E-state index in [1.165, 1.54) is 28.6 Å². The zero-order chi connectivity index (χ0) is 17.1. The summed E-state index contributed by atoms with van der Waals surface area (Å²) in [6.07, 6.45) is 0.